The lowest BCUT2D eigenvalue weighted by molar-refractivity contribution is 0.0932. The van der Waals surface area contributed by atoms with Gasteiger partial charge in [-0.3, -0.25) is 14.9 Å². The number of halogens is 1. The number of rotatable bonds is 4. The van der Waals surface area contributed by atoms with E-state index in [-0.39, 0.29) is 17.8 Å². The van der Waals surface area contributed by atoms with Crippen LogP contribution in [0.4, 0.5) is 10.2 Å². The summed E-state index contributed by atoms with van der Waals surface area (Å²) in [7, 11) is 0. The average molecular weight is 365 g/mol. The van der Waals surface area contributed by atoms with E-state index in [1.807, 2.05) is 6.07 Å². The Morgan fingerprint density at radius 1 is 1.26 bits per heavy atom. The van der Waals surface area contributed by atoms with Crippen molar-refractivity contribution in [3.8, 4) is 11.3 Å². The van der Waals surface area contributed by atoms with E-state index in [0.29, 0.717) is 12.1 Å². The third-order valence-corrected chi connectivity index (χ3v) is 4.72. The topological polar surface area (TPSA) is 73.9 Å². The quantitative estimate of drug-likeness (QED) is 0.745. The van der Waals surface area contributed by atoms with Gasteiger partial charge in [0.25, 0.3) is 5.91 Å². The lowest BCUT2D eigenvalue weighted by atomic mass is 10.0. The van der Waals surface area contributed by atoms with Crippen LogP contribution >= 0.6 is 0 Å². The molecule has 0 unspecified atom stereocenters. The third-order valence-electron chi connectivity index (χ3n) is 4.72. The highest BCUT2D eigenvalue weighted by Gasteiger charge is 2.23. The number of H-pyrrole nitrogens is 1. The van der Waals surface area contributed by atoms with Gasteiger partial charge in [0.05, 0.1) is 11.3 Å². The molecular weight excluding hydrogens is 345 g/mol. The Morgan fingerprint density at radius 3 is 2.89 bits per heavy atom. The highest BCUT2D eigenvalue weighted by molar-refractivity contribution is 5.94. The summed E-state index contributed by atoms with van der Waals surface area (Å²) in [6, 6.07) is 11.8. The van der Waals surface area contributed by atoms with Crippen molar-refractivity contribution in [1.82, 2.24) is 20.5 Å². The second-order valence-corrected chi connectivity index (χ2v) is 6.65. The van der Waals surface area contributed by atoms with E-state index < -0.39 is 0 Å². The van der Waals surface area contributed by atoms with Gasteiger partial charge in [-0.15, -0.1) is 0 Å². The number of benzene rings is 1. The van der Waals surface area contributed by atoms with E-state index in [1.54, 1.807) is 36.7 Å². The number of nitrogens with one attached hydrogen (secondary N) is 2. The lowest BCUT2D eigenvalue weighted by Gasteiger charge is -2.33. The van der Waals surface area contributed by atoms with Gasteiger partial charge in [-0.05, 0) is 54.8 Å². The van der Waals surface area contributed by atoms with Crippen molar-refractivity contribution in [1.29, 1.82) is 0 Å². The molecule has 2 N–H and O–H groups in total. The summed E-state index contributed by atoms with van der Waals surface area (Å²) < 4.78 is 13.1. The number of nitrogens with zero attached hydrogens (tertiary/aromatic N) is 3. The Hall–Kier alpha value is -3.22. The van der Waals surface area contributed by atoms with Crippen LogP contribution in [0.3, 0.4) is 0 Å². The van der Waals surface area contributed by atoms with Crippen molar-refractivity contribution >= 4 is 11.7 Å². The van der Waals surface area contributed by atoms with E-state index >= 15 is 0 Å². The van der Waals surface area contributed by atoms with Crippen LogP contribution in [0, 0.1) is 5.82 Å². The minimum atomic E-state index is -0.262. The van der Waals surface area contributed by atoms with Crippen molar-refractivity contribution in [2.45, 2.75) is 18.9 Å². The molecule has 0 bridgehead atoms. The Bertz CT molecular complexity index is 910. The Balaban J connectivity index is 1.42. The van der Waals surface area contributed by atoms with E-state index in [4.69, 9.17) is 0 Å². The molecule has 7 heteroatoms. The van der Waals surface area contributed by atoms with E-state index in [0.717, 1.165) is 36.5 Å². The van der Waals surface area contributed by atoms with Gasteiger partial charge < -0.3 is 10.2 Å². The second kappa shape index (κ2) is 7.57. The molecule has 138 valence electrons. The summed E-state index contributed by atoms with van der Waals surface area (Å²) in [6.45, 7) is 1.58. The second-order valence-electron chi connectivity index (χ2n) is 6.65. The number of amides is 1. The number of hydrogen-bond acceptors (Lipinski definition) is 4. The largest absolute Gasteiger partial charge is 0.353 e. The number of aromatic nitrogens is 3. The fourth-order valence-corrected chi connectivity index (χ4v) is 3.32. The molecule has 2 aromatic heterocycles. The molecule has 1 atom stereocenters. The Kier molecular flexibility index (Phi) is 4.82. The first-order chi connectivity index (χ1) is 13.2. The highest BCUT2D eigenvalue weighted by Crippen LogP contribution is 2.24. The van der Waals surface area contributed by atoms with Gasteiger partial charge in [0.15, 0.2) is 5.82 Å². The van der Waals surface area contributed by atoms with Gasteiger partial charge in [-0.25, -0.2) is 4.39 Å². The standard InChI is InChI=1S/C20H20FN5O/c21-16-7-5-14(6-8-16)18-11-19(25-24-18)26-10-2-4-17(13-26)23-20(27)15-3-1-9-22-12-15/h1,3,5-9,11-12,17H,2,4,10,13H2,(H,23,27)(H,24,25)/t17-/m1/s1. The van der Waals surface area contributed by atoms with Gasteiger partial charge in [-0.1, -0.05) is 0 Å². The predicted octanol–water partition coefficient (Wildman–Crippen LogP) is 3.01. The van der Waals surface area contributed by atoms with Crippen LogP contribution in [0.1, 0.15) is 23.2 Å². The molecule has 0 aliphatic carbocycles. The van der Waals surface area contributed by atoms with Crippen LogP contribution in [0.25, 0.3) is 11.3 Å². The zero-order valence-electron chi connectivity index (χ0n) is 14.7. The number of anilines is 1. The van der Waals surface area contributed by atoms with Crippen molar-refractivity contribution in [2.75, 3.05) is 18.0 Å². The van der Waals surface area contributed by atoms with Gasteiger partial charge in [0.1, 0.15) is 5.82 Å². The SMILES string of the molecule is O=C(N[C@@H]1CCCN(c2cc(-c3ccc(F)cc3)[nH]n2)C1)c1cccnc1. The Labute approximate surface area is 156 Å². The molecule has 1 saturated heterocycles. The van der Waals surface area contributed by atoms with Crippen LogP contribution < -0.4 is 10.2 Å². The van der Waals surface area contributed by atoms with Crippen LogP contribution in [0.2, 0.25) is 0 Å². The van der Waals surface area contributed by atoms with E-state index in [1.165, 1.54) is 12.1 Å². The van der Waals surface area contributed by atoms with Crippen molar-refractivity contribution < 1.29 is 9.18 Å². The fraction of sp³-hybridized carbons (Fsp3) is 0.250. The van der Waals surface area contributed by atoms with Gasteiger partial charge in [0, 0.05) is 37.6 Å². The number of pyridine rings is 1. The molecule has 0 radical (unpaired) electrons. The van der Waals surface area contributed by atoms with E-state index in [9.17, 15) is 9.18 Å². The highest BCUT2D eigenvalue weighted by atomic mass is 19.1. The average Bonchev–Trinajstić information content (AvgIpc) is 3.20. The van der Waals surface area contributed by atoms with Crippen LogP contribution in [0.5, 0.6) is 0 Å². The molecule has 1 fully saturated rings. The first-order valence-corrected chi connectivity index (χ1v) is 8.96. The molecule has 4 rings (SSSR count). The third kappa shape index (κ3) is 3.97. The summed E-state index contributed by atoms with van der Waals surface area (Å²) >= 11 is 0. The number of hydrogen-bond donors (Lipinski definition) is 2. The molecule has 3 aromatic rings. The maximum atomic E-state index is 13.1. The number of piperidine rings is 1. The van der Waals surface area contributed by atoms with E-state index in [2.05, 4.69) is 25.4 Å². The molecular formula is C20H20FN5O. The summed E-state index contributed by atoms with van der Waals surface area (Å²) in [5.74, 6) is 0.459. The normalized spacial score (nSPS) is 16.9. The van der Waals surface area contributed by atoms with Gasteiger partial charge in [0.2, 0.25) is 0 Å². The predicted molar refractivity (Wildman–Crippen MR) is 101 cm³/mol. The van der Waals surface area contributed by atoms with Crippen LogP contribution in [-0.2, 0) is 0 Å². The molecule has 1 amide bonds. The molecule has 0 saturated carbocycles. The first kappa shape index (κ1) is 17.2. The van der Waals surface area contributed by atoms with Gasteiger partial charge in [-0.2, -0.15) is 5.10 Å². The molecule has 27 heavy (non-hydrogen) atoms. The molecule has 3 heterocycles. The maximum absolute atomic E-state index is 13.1. The molecule has 1 aromatic carbocycles. The van der Waals surface area contributed by atoms with Crippen molar-refractivity contribution in [3.05, 3.63) is 66.2 Å². The summed E-state index contributed by atoms with van der Waals surface area (Å²) in [4.78, 5) is 18.5. The molecule has 0 spiro atoms. The Morgan fingerprint density at radius 2 is 2.11 bits per heavy atom. The molecule has 1 aliphatic rings. The number of carbonyl (C=O) groups is 1. The van der Waals surface area contributed by atoms with Crippen LogP contribution in [-0.4, -0.2) is 40.2 Å². The lowest BCUT2D eigenvalue weighted by Crippen LogP contribution is -2.48. The summed E-state index contributed by atoms with van der Waals surface area (Å²) in [6.07, 6.45) is 5.11. The zero-order valence-corrected chi connectivity index (χ0v) is 14.7. The van der Waals surface area contributed by atoms with Crippen molar-refractivity contribution in [3.63, 3.8) is 0 Å². The number of carbonyl (C=O) groups excluding carboxylic acids is 1. The number of aromatic amines is 1. The summed E-state index contributed by atoms with van der Waals surface area (Å²) in [5, 5.41) is 10.5. The summed E-state index contributed by atoms with van der Waals surface area (Å²) in [5.41, 5.74) is 2.29. The minimum Gasteiger partial charge on any atom is -0.353 e. The fourth-order valence-electron chi connectivity index (χ4n) is 3.32. The maximum Gasteiger partial charge on any atom is 0.253 e. The smallest absolute Gasteiger partial charge is 0.253 e. The van der Waals surface area contributed by atoms with Crippen LogP contribution in [0.15, 0.2) is 54.9 Å². The molecule has 6 nitrogen and oxygen atoms in total. The molecule has 1 aliphatic heterocycles. The first-order valence-electron chi connectivity index (χ1n) is 8.96. The zero-order chi connectivity index (χ0) is 18.6. The van der Waals surface area contributed by atoms with Gasteiger partial charge >= 0.3 is 0 Å². The monoisotopic (exact) mass is 365 g/mol. The minimum absolute atomic E-state index is 0.0532. The van der Waals surface area contributed by atoms with Crippen molar-refractivity contribution in [2.24, 2.45) is 0 Å².